The van der Waals surface area contributed by atoms with E-state index in [-0.39, 0.29) is 5.71 Å². The summed E-state index contributed by atoms with van der Waals surface area (Å²) in [5.74, 6) is -0.400. The summed E-state index contributed by atoms with van der Waals surface area (Å²) < 4.78 is 0. The molecular formula is C11H14N4O2. The molecule has 4 N–H and O–H groups in total. The Hall–Kier alpha value is -2.37. The molecular weight excluding hydrogens is 220 g/mol. The number of hydrazone groups is 1. The molecule has 0 saturated carbocycles. The van der Waals surface area contributed by atoms with Crippen molar-refractivity contribution in [2.24, 2.45) is 10.8 Å². The molecule has 1 aromatic carbocycles. The third-order valence-corrected chi connectivity index (χ3v) is 1.97. The summed E-state index contributed by atoms with van der Waals surface area (Å²) in [4.78, 5) is 22.0. The number of carbonyl (C=O) groups is 2. The standard InChI is InChI=1S/C11H14N4O2/c1-7-3-5-9(6-4-7)13-10(16)8(2)14-15-11(12)17/h3-6H,1-2H3,(H,13,16)(H3,12,15,17)/b14-8+. The minimum absolute atomic E-state index is 0.115. The van der Waals surface area contributed by atoms with Crippen molar-refractivity contribution < 1.29 is 9.59 Å². The molecule has 0 saturated heterocycles. The van der Waals surface area contributed by atoms with Crippen LogP contribution in [0.5, 0.6) is 0 Å². The molecule has 3 amide bonds. The van der Waals surface area contributed by atoms with E-state index < -0.39 is 11.9 Å². The largest absolute Gasteiger partial charge is 0.350 e. The van der Waals surface area contributed by atoms with E-state index in [1.807, 2.05) is 24.5 Å². The Morgan fingerprint density at radius 3 is 2.35 bits per heavy atom. The lowest BCUT2D eigenvalue weighted by molar-refractivity contribution is -0.110. The first kappa shape index (κ1) is 12.7. The van der Waals surface area contributed by atoms with Gasteiger partial charge in [-0.1, -0.05) is 17.7 Å². The van der Waals surface area contributed by atoms with Crippen LogP contribution in [0.15, 0.2) is 29.4 Å². The van der Waals surface area contributed by atoms with Gasteiger partial charge in [0.25, 0.3) is 5.91 Å². The number of rotatable bonds is 3. The summed E-state index contributed by atoms with van der Waals surface area (Å²) in [6.45, 7) is 3.43. The van der Waals surface area contributed by atoms with Crippen LogP contribution in [0.25, 0.3) is 0 Å². The molecule has 0 atom stereocenters. The Kier molecular flexibility index (Phi) is 4.21. The number of nitrogens with two attached hydrogens (primary N) is 1. The molecule has 0 radical (unpaired) electrons. The smallest absolute Gasteiger partial charge is 0.332 e. The van der Waals surface area contributed by atoms with E-state index in [2.05, 4.69) is 10.4 Å². The molecule has 0 unspecified atom stereocenters. The Labute approximate surface area is 98.9 Å². The van der Waals surface area contributed by atoms with Crippen molar-refractivity contribution in [3.63, 3.8) is 0 Å². The maximum Gasteiger partial charge on any atom is 0.332 e. The lowest BCUT2D eigenvalue weighted by Gasteiger charge is -2.04. The van der Waals surface area contributed by atoms with Gasteiger partial charge in [-0.05, 0) is 26.0 Å². The van der Waals surface area contributed by atoms with Crippen LogP contribution in [-0.2, 0) is 4.79 Å². The van der Waals surface area contributed by atoms with Gasteiger partial charge < -0.3 is 11.1 Å². The van der Waals surface area contributed by atoms with E-state index in [0.717, 1.165) is 5.56 Å². The highest BCUT2D eigenvalue weighted by Gasteiger charge is 2.06. The van der Waals surface area contributed by atoms with E-state index in [1.165, 1.54) is 6.92 Å². The SMILES string of the molecule is C/C(=N\NC(N)=O)C(=O)Nc1ccc(C)cc1. The fourth-order valence-corrected chi connectivity index (χ4v) is 1.05. The van der Waals surface area contributed by atoms with Crippen LogP contribution in [0, 0.1) is 6.92 Å². The second-order valence-electron chi connectivity index (χ2n) is 3.49. The minimum atomic E-state index is -0.813. The number of nitrogens with zero attached hydrogens (tertiary/aromatic N) is 1. The summed E-state index contributed by atoms with van der Waals surface area (Å²) in [5.41, 5.74) is 8.69. The fourth-order valence-electron chi connectivity index (χ4n) is 1.05. The molecule has 1 aromatic rings. The molecule has 17 heavy (non-hydrogen) atoms. The molecule has 1 rings (SSSR count). The predicted molar refractivity (Wildman–Crippen MR) is 65.6 cm³/mol. The van der Waals surface area contributed by atoms with Gasteiger partial charge in [0.2, 0.25) is 0 Å². The first-order valence-corrected chi connectivity index (χ1v) is 4.97. The average Bonchev–Trinajstić information content (AvgIpc) is 2.28. The molecule has 0 heterocycles. The lowest BCUT2D eigenvalue weighted by Crippen LogP contribution is -2.29. The van der Waals surface area contributed by atoms with Crippen molar-refractivity contribution in [2.45, 2.75) is 13.8 Å². The van der Waals surface area contributed by atoms with E-state index in [0.29, 0.717) is 5.69 Å². The summed E-state index contributed by atoms with van der Waals surface area (Å²) >= 11 is 0. The Bertz CT molecular complexity index is 451. The summed E-state index contributed by atoms with van der Waals surface area (Å²) in [5, 5.41) is 6.15. The number of hydrogen-bond donors (Lipinski definition) is 3. The molecule has 90 valence electrons. The number of benzene rings is 1. The zero-order valence-corrected chi connectivity index (χ0v) is 9.65. The quantitative estimate of drug-likeness (QED) is 0.536. The molecule has 0 aliphatic rings. The van der Waals surface area contributed by atoms with Crippen molar-refractivity contribution in [3.05, 3.63) is 29.8 Å². The van der Waals surface area contributed by atoms with Gasteiger partial charge in [-0.2, -0.15) is 5.10 Å². The molecule has 6 nitrogen and oxygen atoms in total. The van der Waals surface area contributed by atoms with Gasteiger partial charge in [-0.3, -0.25) is 4.79 Å². The van der Waals surface area contributed by atoms with Crippen molar-refractivity contribution in [1.29, 1.82) is 0 Å². The van der Waals surface area contributed by atoms with Crippen LogP contribution in [0.3, 0.4) is 0 Å². The first-order chi connectivity index (χ1) is 7.99. The monoisotopic (exact) mass is 234 g/mol. The van der Waals surface area contributed by atoms with Crippen LogP contribution >= 0.6 is 0 Å². The number of nitrogens with one attached hydrogen (secondary N) is 2. The highest BCUT2D eigenvalue weighted by atomic mass is 16.2. The Balaban J connectivity index is 2.63. The van der Waals surface area contributed by atoms with Gasteiger partial charge in [-0.25, -0.2) is 10.2 Å². The maximum atomic E-state index is 11.6. The van der Waals surface area contributed by atoms with Crippen molar-refractivity contribution in [1.82, 2.24) is 5.43 Å². The normalized spacial score (nSPS) is 10.8. The summed E-state index contributed by atoms with van der Waals surface area (Å²) in [6.07, 6.45) is 0. The summed E-state index contributed by atoms with van der Waals surface area (Å²) in [7, 11) is 0. The minimum Gasteiger partial charge on any atom is -0.350 e. The molecule has 0 bridgehead atoms. The molecule has 0 spiro atoms. The first-order valence-electron chi connectivity index (χ1n) is 4.97. The molecule has 0 aromatic heterocycles. The van der Waals surface area contributed by atoms with Gasteiger partial charge in [-0.15, -0.1) is 0 Å². The van der Waals surface area contributed by atoms with Crippen LogP contribution in [-0.4, -0.2) is 17.6 Å². The molecule has 0 aliphatic carbocycles. The number of aryl methyl sites for hydroxylation is 1. The number of carbonyl (C=O) groups excluding carboxylic acids is 2. The number of amides is 3. The molecule has 0 aliphatic heterocycles. The van der Waals surface area contributed by atoms with Crippen LogP contribution in [0.4, 0.5) is 10.5 Å². The van der Waals surface area contributed by atoms with E-state index >= 15 is 0 Å². The van der Waals surface area contributed by atoms with Gasteiger partial charge in [0.15, 0.2) is 0 Å². The second kappa shape index (κ2) is 5.64. The summed E-state index contributed by atoms with van der Waals surface area (Å²) in [6, 6.07) is 6.50. The van der Waals surface area contributed by atoms with E-state index in [4.69, 9.17) is 5.73 Å². The van der Waals surface area contributed by atoms with Gasteiger partial charge in [0.05, 0.1) is 0 Å². The van der Waals surface area contributed by atoms with Crippen molar-refractivity contribution in [2.75, 3.05) is 5.32 Å². The van der Waals surface area contributed by atoms with Gasteiger partial charge in [0.1, 0.15) is 5.71 Å². The maximum absolute atomic E-state index is 11.6. The third-order valence-electron chi connectivity index (χ3n) is 1.97. The fraction of sp³-hybridized carbons (Fsp3) is 0.182. The molecule has 6 heteroatoms. The number of anilines is 1. The van der Waals surface area contributed by atoms with Crippen molar-refractivity contribution in [3.8, 4) is 0 Å². The Morgan fingerprint density at radius 2 is 1.82 bits per heavy atom. The van der Waals surface area contributed by atoms with Crippen LogP contribution < -0.4 is 16.5 Å². The highest BCUT2D eigenvalue weighted by molar-refractivity contribution is 6.42. The predicted octanol–water partition coefficient (Wildman–Crippen LogP) is 0.978. The second-order valence-corrected chi connectivity index (χ2v) is 3.49. The third kappa shape index (κ3) is 4.33. The van der Waals surface area contributed by atoms with Crippen molar-refractivity contribution >= 4 is 23.3 Å². The number of primary amides is 1. The van der Waals surface area contributed by atoms with Gasteiger partial charge in [0, 0.05) is 5.69 Å². The lowest BCUT2D eigenvalue weighted by atomic mass is 10.2. The molecule has 0 fully saturated rings. The zero-order valence-electron chi connectivity index (χ0n) is 9.65. The highest BCUT2D eigenvalue weighted by Crippen LogP contribution is 2.08. The Morgan fingerprint density at radius 1 is 1.24 bits per heavy atom. The zero-order chi connectivity index (χ0) is 12.8. The average molecular weight is 234 g/mol. The van der Waals surface area contributed by atoms with Crippen LogP contribution in [0.2, 0.25) is 0 Å². The van der Waals surface area contributed by atoms with E-state index in [9.17, 15) is 9.59 Å². The van der Waals surface area contributed by atoms with Gasteiger partial charge >= 0.3 is 6.03 Å². The van der Waals surface area contributed by atoms with E-state index in [1.54, 1.807) is 12.1 Å². The number of hydrogen-bond acceptors (Lipinski definition) is 3. The van der Waals surface area contributed by atoms with Crippen LogP contribution in [0.1, 0.15) is 12.5 Å². The topological polar surface area (TPSA) is 96.6 Å². The number of urea groups is 1.